The summed E-state index contributed by atoms with van der Waals surface area (Å²) in [7, 11) is 0. The third-order valence-corrected chi connectivity index (χ3v) is 4.51. The van der Waals surface area contributed by atoms with Crippen LogP contribution in [0.2, 0.25) is 5.02 Å². The molecule has 0 spiro atoms. The first-order valence-corrected chi connectivity index (χ1v) is 8.52. The molecule has 3 aromatic rings. The highest BCUT2D eigenvalue weighted by Gasteiger charge is 2.19. The molecule has 1 atom stereocenters. The fourth-order valence-corrected chi connectivity index (χ4v) is 2.62. The van der Waals surface area contributed by atoms with Crippen molar-refractivity contribution >= 4 is 39.2 Å². The molecule has 0 aliphatic carbocycles. The van der Waals surface area contributed by atoms with E-state index < -0.39 is 17.9 Å². The maximum absolute atomic E-state index is 13.9. The quantitative estimate of drug-likeness (QED) is 0.605. The minimum atomic E-state index is -0.627. The van der Waals surface area contributed by atoms with Gasteiger partial charge in [0.25, 0.3) is 5.95 Å². The molecule has 0 radical (unpaired) electrons. The molecule has 8 nitrogen and oxygen atoms in total. The summed E-state index contributed by atoms with van der Waals surface area (Å²) < 4.78 is 15.7. The van der Waals surface area contributed by atoms with Crippen molar-refractivity contribution in [2.45, 2.75) is 13.0 Å². The van der Waals surface area contributed by atoms with Gasteiger partial charge in [-0.1, -0.05) is 11.6 Å². The van der Waals surface area contributed by atoms with Gasteiger partial charge in [0.15, 0.2) is 5.82 Å². The second-order valence-corrected chi connectivity index (χ2v) is 6.41. The molecule has 26 heavy (non-hydrogen) atoms. The summed E-state index contributed by atoms with van der Waals surface area (Å²) in [6.07, 6.45) is 4.47. The second-order valence-electron chi connectivity index (χ2n) is 5.15. The number of hydrogen-bond acceptors (Lipinski definition) is 5. The number of rotatable bonds is 4. The fourth-order valence-electron chi connectivity index (χ4n) is 2.14. The zero-order chi connectivity index (χ0) is 18.7. The van der Waals surface area contributed by atoms with E-state index in [0.29, 0.717) is 16.2 Å². The van der Waals surface area contributed by atoms with Crippen molar-refractivity contribution in [3.8, 4) is 5.95 Å². The Balaban J connectivity index is 1.73. The Morgan fingerprint density at radius 2 is 2.04 bits per heavy atom. The van der Waals surface area contributed by atoms with Crippen LogP contribution in [0.5, 0.6) is 0 Å². The van der Waals surface area contributed by atoms with Crippen LogP contribution in [-0.4, -0.2) is 30.8 Å². The summed E-state index contributed by atoms with van der Waals surface area (Å²) in [4.78, 5) is 24.5. The first kappa shape index (κ1) is 18.2. The van der Waals surface area contributed by atoms with Crippen molar-refractivity contribution in [2.24, 2.45) is 0 Å². The molecule has 2 amide bonds. The molecule has 0 saturated heterocycles. The number of benzene rings is 1. The Hall–Kier alpha value is -2.59. The zero-order valence-electron chi connectivity index (χ0n) is 13.3. The highest BCUT2D eigenvalue weighted by Crippen LogP contribution is 2.28. The van der Waals surface area contributed by atoms with Gasteiger partial charge >= 0.3 is 6.03 Å². The minimum absolute atomic E-state index is 0.0456. The van der Waals surface area contributed by atoms with Gasteiger partial charge < -0.3 is 10.6 Å². The lowest BCUT2D eigenvalue weighted by Gasteiger charge is -2.15. The fraction of sp³-hybridized carbons (Fsp3) is 0.133. The molecule has 0 bridgehead atoms. The van der Waals surface area contributed by atoms with Crippen molar-refractivity contribution in [1.82, 2.24) is 30.0 Å². The molecule has 0 fully saturated rings. The Kier molecular flexibility index (Phi) is 5.43. The Morgan fingerprint density at radius 1 is 1.31 bits per heavy atom. The normalized spacial score (nSPS) is 11.8. The van der Waals surface area contributed by atoms with E-state index in [1.165, 1.54) is 23.1 Å². The van der Waals surface area contributed by atoms with Gasteiger partial charge in [0, 0.05) is 16.9 Å². The summed E-state index contributed by atoms with van der Waals surface area (Å²) in [6.45, 7) is 1.70. The van der Waals surface area contributed by atoms with E-state index in [-0.39, 0.29) is 10.7 Å². The average molecular weight is 441 g/mol. The second kappa shape index (κ2) is 7.75. The molecular weight excluding hydrogens is 429 g/mol. The summed E-state index contributed by atoms with van der Waals surface area (Å²) in [5.41, 5.74) is -0.0456. The van der Waals surface area contributed by atoms with E-state index in [1.54, 1.807) is 25.4 Å². The van der Waals surface area contributed by atoms with Crippen LogP contribution in [0.15, 0.2) is 41.4 Å². The third kappa shape index (κ3) is 3.97. The van der Waals surface area contributed by atoms with Crippen LogP contribution >= 0.6 is 27.5 Å². The third-order valence-electron chi connectivity index (χ3n) is 3.31. The first-order valence-electron chi connectivity index (χ1n) is 7.35. The van der Waals surface area contributed by atoms with Crippen LogP contribution in [0.1, 0.15) is 18.8 Å². The Labute approximate surface area is 161 Å². The molecular formula is C15H12BrClFN7O. The zero-order valence-corrected chi connectivity index (χ0v) is 15.7. The number of anilines is 1. The number of urea groups is 1. The number of aromatic nitrogens is 5. The summed E-state index contributed by atoms with van der Waals surface area (Å²) in [5, 5.41) is 9.40. The first-order chi connectivity index (χ1) is 12.5. The number of halogens is 3. The van der Waals surface area contributed by atoms with Gasteiger partial charge in [-0.25, -0.2) is 24.1 Å². The minimum Gasteiger partial charge on any atom is -0.328 e. The lowest BCUT2D eigenvalue weighted by atomic mass is 10.3. The van der Waals surface area contributed by atoms with Crippen LogP contribution in [0.3, 0.4) is 0 Å². The molecule has 134 valence electrons. The highest BCUT2D eigenvalue weighted by molar-refractivity contribution is 9.10. The van der Waals surface area contributed by atoms with E-state index in [2.05, 4.69) is 46.6 Å². The topological polar surface area (TPSA) is 97.6 Å². The van der Waals surface area contributed by atoms with Gasteiger partial charge in [-0.15, -0.1) is 0 Å². The maximum atomic E-state index is 13.9. The van der Waals surface area contributed by atoms with Gasteiger partial charge in [-0.05, 0) is 41.1 Å². The molecule has 11 heteroatoms. The van der Waals surface area contributed by atoms with Crippen molar-refractivity contribution in [1.29, 1.82) is 0 Å². The van der Waals surface area contributed by atoms with Crippen molar-refractivity contribution < 1.29 is 9.18 Å². The smallest absolute Gasteiger partial charge is 0.319 e. The Morgan fingerprint density at radius 3 is 2.77 bits per heavy atom. The maximum Gasteiger partial charge on any atom is 0.319 e. The van der Waals surface area contributed by atoms with Gasteiger partial charge in [0.1, 0.15) is 12.1 Å². The number of carbonyl (C=O) groups is 1. The number of carbonyl (C=O) groups excluding carboxylic acids is 1. The molecule has 0 aliphatic heterocycles. The molecule has 0 aliphatic rings. The van der Waals surface area contributed by atoms with Crippen LogP contribution in [0.25, 0.3) is 5.95 Å². The van der Waals surface area contributed by atoms with Crippen LogP contribution in [0, 0.1) is 5.82 Å². The van der Waals surface area contributed by atoms with E-state index in [4.69, 9.17) is 11.6 Å². The summed E-state index contributed by atoms with van der Waals surface area (Å²) in [5.74, 6) is 0.116. The van der Waals surface area contributed by atoms with Gasteiger partial charge in [0.2, 0.25) is 0 Å². The number of amides is 2. The van der Waals surface area contributed by atoms with Gasteiger partial charge in [-0.2, -0.15) is 9.78 Å². The van der Waals surface area contributed by atoms with Crippen molar-refractivity contribution in [2.75, 3.05) is 5.32 Å². The molecule has 0 saturated carbocycles. The van der Waals surface area contributed by atoms with Crippen LogP contribution < -0.4 is 10.6 Å². The highest BCUT2D eigenvalue weighted by atomic mass is 79.9. The predicted octanol–water partition coefficient (Wildman–Crippen LogP) is 3.50. The predicted molar refractivity (Wildman–Crippen MR) is 96.6 cm³/mol. The molecule has 1 unspecified atom stereocenters. The molecule has 1 aromatic carbocycles. The largest absolute Gasteiger partial charge is 0.328 e. The molecule has 3 rings (SSSR count). The standard InChI is InChI=1S/C15H12BrClFN7O/c1-8(13-21-7-22-25(13)14-19-3-2-4-20-14)23-15(26)24-12-6-10(17)9(16)5-11(12)18/h2-8H,1H3,(H2,23,24,26). The lowest BCUT2D eigenvalue weighted by molar-refractivity contribution is 0.248. The van der Waals surface area contributed by atoms with Crippen LogP contribution in [-0.2, 0) is 0 Å². The Bertz CT molecular complexity index is 937. The van der Waals surface area contributed by atoms with E-state index in [1.807, 2.05) is 0 Å². The summed E-state index contributed by atoms with van der Waals surface area (Å²) >= 11 is 9.04. The van der Waals surface area contributed by atoms with E-state index >= 15 is 0 Å². The van der Waals surface area contributed by atoms with Crippen molar-refractivity contribution in [3.63, 3.8) is 0 Å². The SMILES string of the molecule is CC(NC(=O)Nc1cc(Cl)c(Br)cc1F)c1ncnn1-c1ncccn1. The number of hydrogen-bond donors (Lipinski definition) is 2. The lowest BCUT2D eigenvalue weighted by Crippen LogP contribution is -2.33. The molecule has 2 aromatic heterocycles. The number of nitrogens with zero attached hydrogens (tertiary/aromatic N) is 5. The van der Waals surface area contributed by atoms with Gasteiger partial charge in [-0.3, -0.25) is 0 Å². The monoisotopic (exact) mass is 439 g/mol. The molecule has 2 heterocycles. The summed E-state index contributed by atoms with van der Waals surface area (Å²) in [6, 6.07) is 2.98. The molecule has 2 N–H and O–H groups in total. The van der Waals surface area contributed by atoms with Crippen LogP contribution in [0.4, 0.5) is 14.9 Å². The number of nitrogens with one attached hydrogen (secondary N) is 2. The van der Waals surface area contributed by atoms with E-state index in [9.17, 15) is 9.18 Å². The van der Waals surface area contributed by atoms with Crippen molar-refractivity contribution in [3.05, 3.63) is 58.1 Å². The van der Waals surface area contributed by atoms with E-state index in [0.717, 1.165) is 0 Å². The van der Waals surface area contributed by atoms with Gasteiger partial charge in [0.05, 0.1) is 16.8 Å². The average Bonchev–Trinajstić information content (AvgIpc) is 3.10.